The number of hydrogen-bond acceptors (Lipinski definition) is 3. The summed E-state index contributed by atoms with van der Waals surface area (Å²) in [5, 5.41) is 7.93. The molecule has 0 bridgehead atoms. The highest BCUT2D eigenvalue weighted by Crippen LogP contribution is 2.30. The molecule has 0 aliphatic carbocycles. The van der Waals surface area contributed by atoms with Gasteiger partial charge in [0.05, 0.1) is 18.5 Å². The van der Waals surface area contributed by atoms with Crippen molar-refractivity contribution in [1.82, 2.24) is 15.1 Å². The molecule has 1 atom stereocenters. The standard InChI is InChI=1S/C15H21N3O/c1-5-16-12(3)15-13(7-6-8-14(15)19-4)18-10-9-11(2)17-18/h6-10,12,16H,5H2,1-4H3. The molecular formula is C15H21N3O. The molecule has 0 aliphatic heterocycles. The molecular weight excluding hydrogens is 238 g/mol. The van der Waals surface area contributed by atoms with Gasteiger partial charge in [-0.05, 0) is 38.6 Å². The highest BCUT2D eigenvalue weighted by Gasteiger charge is 2.16. The number of ether oxygens (including phenoxy) is 1. The summed E-state index contributed by atoms with van der Waals surface area (Å²) in [6, 6.07) is 8.26. The molecule has 4 heteroatoms. The lowest BCUT2D eigenvalue weighted by molar-refractivity contribution is 0.401. The highest BCUT2D eigenvalue weighted by molar-refractivity contribution is 5.51. The molecule has 0 spiro atoms. The summed E-state index contributed by atoms with van der Waals surface area (Å²) < 4.78 is 7.40. The van der Waals surface area contributed by atoms with Crippen molar-refractivity contribution < 1.29 is 4.74 Å². The molecule has 0 saturated heterocycles. The molecule has 2 aromatic rings. The average molecular weight is 259 g/mol. The van der Waals surface area contributed by atoms with E-state index in [2.05, 4.69) is 30.3 Å². The lowest BCUT2D eigenvalue weighted by atomic mass is 10.0. The predicted octanol–water partition coefficient (Wildman–Crippen LogP) is 2.86. The molecule has 4 nitrogen and oxygen atoms in total. The largest absolute Gasteiger partial charge is 0.496 e. The van der Waals surface area contributed by atoms with Crippen molar-refractivity contribution in [3.8, 4) is 11.4 Å². The zero-order valence-corrected chi connectivity index (χ0v) is 12.0. The first kappa shape index (κ1) is 13.6. The van der Waals surface area contributed by atoms with Crippen molar-refractivity contribution in [2.45, 2.75) is 26.8 Å². The molecule has 1 aromatic heterocycles. The number of nitrogens with one attached hydrogen (secondary N) is 1. The van der Waals surface area contributed by atoms with Crippen LogP contribution in [-0.4, -0.2) is 23.4 Å². The Balaban J connectivity index is 2.53. The van der Waals surface area contributed by atoms with Crippen LogP contribution >= 0.6 is 0 Å². The molecule has 0 radical (unpaired) electrons. The number of aryl methyl sites for hydroxylation is 1. The van der Waals surface area contributed by atoms with Crippen molar-refractivity contribution >= 4 is 0 Å². The fourth-order valence-electron chi connectivity index (χ4n) is 2.30. The first-order chi connectivity index (χ1) is 9.17. The van der Waals surface area contributed by atoms with E-state index in [0.29, 0.717) is 0 Å². The van der Waals surface area contributed by atoms with Crippen LogP contribution in [-0.2, 0) is 0 Å². The van der Waals surface area contributed by atoms with Gasteiger partial charge < -0.3 is 10.1 Å². The Bertz CT molecular complexity index is 548. The maximum atomic E-state index is 5.50. The first-order valence-electron chi connectivity index (χ1n) is 6.60. The number of nitrogens with zero attached hydrogens (tertiary/aromatic N) is 2. The minimum atomic E-state index is 0.209. The van der Waals surface area contributed by atoms with Crippen LogP contribution in [0.1, 0.15) is 31.1 Å². The summed E-state index contributed by atoms with van der Waals surface area (Å²) in [7, 11) is 1.70. The van der Waals surface area contributed by atoms with Gasteiger partial charge in [0.15, 0.2) is 0 Å². The Morgan fingerprint density at radius 2 is 2.16 bits per heavy atom. The molecule has 0 fully saturated rings. The third-order valence-corrected chi connectivity index (χ3v) is 3.18. The van der Waals surface area contributed by atoms with E-state index in [-0.39, 0.29) is 6.04 Å². The Morgan fingerprint density at radius 1 is 1.37 bits per heavy atom. The van der Waals surface area contributed by atoms with Gasteiger partial charge in [-0.25, -0.2) is 4.68 Å². The van der Waals surface area contributed by atoms with E-state index in [1.807, 2.05) is 36.0 Å². The predicted molar refractivity (Wildman–Crippen MR) is 76.9 cm³/mol. The molecule has 2 rings (SSSR count). The van der Waals surface area contributed by atoms with Gasteiger partial charge in [0, 0.05) is 17.8 Å². The van der Waals surface area contributed by atoms with Crippen molar-refractivity contribution in [2.75, 3.05) is 13.7 Å². The third-order valence-electron chi connectivity index (χ3n) is 3.18. The molecule has 102 valence electrons. The number of hydrogen-bond donors (Lipinski definition) is 1. The van der Waals surface area contributed by atoms with E-state index in [9.17, 15) is 0 Å². The van der Waals surface area contributed by atoms with Gasteiger partial charge >= 0.3 is 0 Å². The molecule has 0 aliphatic rings. The first-order valence-corrected chi connectivity index (χ1v) is 6.60. The molecule has 0 saturated carbocycles. The Morgan fingerprint density at radius 3 is 2.74 bits per heavy atom. The summed E-state index contributed by atoms with van der Waals surface area (Å²) in [4.78, 5) is 0. The SMILES string of the molecule is CCNC(C)c1c(OC)cccc1-n1ccc(C)n1. The molecule has 19 heavy (non-hydrogen) atoms. The second-order valence-corrected chi connectivity index (χ2v) is 4.57. The molecule has 0 amide bonds. The smallest absolute Gasteiger partial charge is 0.125 e. The van der Waals surface area contributed by atoms with Gasteiger partial charge in [0.1, 0.15) is 5.75 Å². The van der Waals surface area contributed by atoms with Crippen molar-refractivity contribution in [1.29, 1.82) is 0 Å². The molecule has 1 aromatic carbocycles. The molecule has 1 unspecified atom stereocenters. The number of benzene rings is 1. The van der Waals surface area contributed by atoms with Crippen molar-refractivity contribution in [3.05, 3.63) is 41.7 Å². The Labute approximate surface area is 114 Å². The van der Waals surface area contributed by atoms with Gasteiger partial charge in [-0.2, -0.15) is 5.10 Å². The normalized spacial score (nSPS) is 12.4. The van der Waals surface area contributed by atoms with Crippen LogP contribution in [0.5, 0.6) is 5.75 Å². The van der Waals surface area contributed by atoms with Crippen LogP contribution in [0.3, 0.4) is 0 Å². The van der Waals surface area contributed by atoms with E-state index >= 15 is 0 Å². The van der Waals surface area contributed by atoms with Gasteiger partial charge in [-0.15, -0.1) is 0 Å². The van der Waals surface area contributed by atoms with Crippen LogP contribution in [0.4, 0.5) is 0 Å². The molecule has 1 N–H and O–H groups in total. The second-order valence-electron chi connectivity index (χ2n) is 4.57. The highest BCUT2D eigenvalue weighted by atomic mass is 16.5. The molecule has 1 heterocycles. The Kier molecular flexibility index (Phi) is 4.22. The van der Waals surface area contributed by atoms with Crippen molar-refractivity contribution in [2.24, 2.45) is 0 Å². The van der Waals surface area contributed by atoms with Crippen molar-refractivity contribution in [3.63, 3.8) is 0 Å². The second kappa shape index (κ2) is 5.89. The number of aromatic nitrogens is 2. The maximum Gasteiger partial charge on any atom is 0.125 e. The van der Waals surface area contributed by atoms with Gasteiger partial charge in [0.25, 0.3) is 0 Å². The fourth-order valence-corrected chi connectivity index (χ4v) is 2.30. The van der Waals surface area contributed by atoms with E-state index < -0.39 is 0 Å². The Hall–Kier alpha value is -1.81. The lowest BCUT2D eigenvalue weighted by Crippen LogP contribution is -2.20. The quantitative estimate of drug-likeness (QED) is 0.897. The van der Waals surface area contributed by atoms with Crippen LogP contribution in [0.15, 0.2) is 30.5 Å². The van der Waals surface area contributed by atoms with Crippen LogP contribution in [0, 0.1) is 6.92 Å². The zero-order chi connectivity index (χ0) is 13.8. The summed E-state index contributed by atoms with van der Waals surface area (Å²) >= 11 is 0. The van der Waals surface area contributed by atoms with Gasteiger partial charge in [-0.3, -0.25) is 0 Å². The van der Waals surface area contributed by atoms with Gasteiger partial charge in [0.2, 0.25) is 0 Å². The number of rotatable bonds is 5. The topological polar surface area (TPSA) is 39.1 Å². The fraction of sp³-hybridized carbons (Fsp3) is 0.400. The third kappa shape index (κ3) is 2.79. The maximum absolute atomic E-state index is 5.50. The van der Waals surface area contributed by atoms with E-state index in [0.717, 1.165) is 29.2 Å². The summed E-state index contributed by atoms with van der Waals surface area (Å²) in [5.74, 6) is 0.888. The average Bonchev–Trinajstić information content (AvgIpc) is 2.84. The summed E-state index contributed by atoms with van der Waals surface area (Å²) in [5.41, 5.74) is 3.20. The van der Waals surface area contributed by atoms with E-state index in [4.69, 9.17) is 4.74 Å². The summed E-state index contributed by atoms with van der Waals surface area (Å²) in [6.45, 7) is 7.14. The minimum Gasteiger partial charge on any atom is -0.496 e. The monoisotopic (exact) mass is 259 g/mol. The lowest BCUT2D eigenvalue weighted by Gasteiger charge is -2.20. The zero-order valence-electron chi connectivity index (χ0n) is 12.0. The van der Waals surface area contributed by atoms with Gasteiger partial charge in [-0.1, -0.05) is 13.0 Å². The number of methoxy groups -OCH3 is 1. The minimum absolute atomic E-state index is 0.209. The summed E-state index contributed by atoms with van der Waals surface area (Å²) in [6.07, 6.45) is 1.98. The van der Waals surface area contributed by atoms with E-state index in [1.165, 1.54) is 0 Å². The van der Waals surface area contributed by atoms with Crippen LogP contribution < -0.4 is 10.1 Å². The van der Waals surface area contributed by atoms with Crippen LogP contribution in [0.25, 0.3) is 5.69 Å². The van der Waals surface area contributed by atoms with Crippen LogP contribution in [0.2, 0.25) is 0 Å². The van der Waals surface area contributed by atoms with E-state index in [1.54, 1.807) is 7.11 Å².